The van der Waals surface area contributed by atoms with Gasteiger partial charge >= 0.3 is 6.09 Å². The van der Waals surface area contributed by atoms with Gasteiger partial charge in [0.1, 0.15) is 5.60 Å². The molecule has 0 aliphatic carbocycles. The molecule has 0 spiro atoms. The summed E-state index contributed by atoms with van der Waals surface area (Å²) in [5.41, 5.74) is 2.54. The van der Waals surface area contributed by atoms with Crippen molar-refractivity contribution in [3.05, 3.63) is 41.6 Å². The van der Waals surface area contributed by atoms with E-state index in [-0.39, 0.29) is 0 Å². The Morgan fingerprint density at radius 2 is 2.09 bits per heavy atom. The van der Waals surface area contributed by atoms with Crippen molar-refractivity contribution in [3.63, 3.8) is 0 Å². The smallest absolute Gasteiger partial charge is 0.407 e. The number of aryl methyl sites for hydroxylation is 1. The minimum atomic E-state index is -0.481. The molecule has 1 aromatic heterocycles. The number of aromatic nitrogens is 1. The number of nitrogens with one attached hydrogen (secondary N) is 1. The van der Waals surface area contributed by atoms with Crippen LogP contribution >= 0.6 is 0 Å². The van der Waals surface area contributed by atoms with Crippen LogP contribution in [0.25, 0.3) is 10.9 Å². The second-order valence-electron chi connectivity index (χ2n) is 6.29. The highest BCUT2D eigenvalue weighted by atomic mass is 16.6. The molecule has 0 atom stereocenters. The van der Waals surface area contributed by atoms with E-state index in [4.69, 9.17) is 4.74 Å². The molecule has 4 nitrogen and oxygen atoms in total. The molecule has 0 saturated carbocycles. The molecule has 2 aromatic rings. The summed E-state index contributed by atoms with van der Waals surface area (Å²) in [4.78, 5) is 15.9. The molecule has 1 N–H and O–H groups in total. The van der Waals surface area contributed by atoms with E-state index < -0.39 is 11.7 Å². The largest absolute Gasteiger partial charge is 0.444 e. The van der Waals surface area contributed by atoms with Gasteiger partial charge in [0.2, 0.25) is 0 Å². The minimum Gasteiger partial charge on any atom is -0.444 e. The summed E-state index contributed by atoms with van der Waals surface area (Å²) >= 11 is 0. The van der Waals surface area contributed by atoms with E-state index in [1.807, 2.05) is 52.0 Å². The number of hydrogen-bond acceptors (Lipinski definition) is 3. The lowest BCUT2D eigenvalue weighted by molar-refractivity contribution is 0.0529. The van der Waals surface area contributed by atoms with E-state index in [1.54, 1.807) is 6.20 Å². The molecule has 1 heterocycles. The third-order valence-electron chi connectivity index (χ3n) is 3.17. The van der Waals surface area contributed by atoms with Crippen LogP contribution in [-0.2, 0) is 4.74 Å². The summed E-state index contributed by atoms with van der Waals surface area (Å²) in [6.07, 6.45) is 1.95. The van der Waals surface area contributed by atoms with E-state index in [9.17, 15) is 4.79 Å². The van der Waals surface area contributed by atoms with E-state index in [0.717, 1.165) is 22.0 Å². The maximum atomic E-state index is 11.5. The minimum absolute atomic E-state index is 0.412. The molecule has 0 saturated heterocycles. The molecular weight excluding hydrogens is 288 g/mol. The summed E-state index contributed by atoms with van der Waals surface area (Å²) in [7, 11) is 0. The topological polar surface area (TPSA) is 51.2 Å². The van der Waals surface area contributed by atoms with Gasteiger partial charge in [0.15, 0.2) is 0 Å². The maximum absolute atomic E-state index is 11.5. The van der Waals surface area contributed by atoms with Crippen LogP contribution in [0.15, 0.2) is 30.5 Å². The number of nitrogens with zero attached hydrogens (tertiary/aromatic N) is 1. The molecule has 2 rings (SSSR count). The Labute approximate surface area is 137 Å². The Hall–Kier alpha value is -2.54. The standard InChI is InChI=1S/C19H22N2O2/c1-14-15(10-11-16-9-7-13-20-17(14)16)8-5-6-12-21-18(22)23-19(2,3)4/h7,9-11,13H,6,12H2,1-4H3,(H,21,22). The van der Waals surface area contributed by atoms with Gasteiger partial charge in [0.05, 0.1) is 5.52 Å². The third-order valence-corrected chi connectivity index (χ3v) is 3.17. The molecule has 0 unspecified atom stereocenters. The Bertz CT molecular complexity index is 764. The molecular formula is C19H22N2O2. The molecule has 0 radical (unpaired) electrons. The van der Waals surface area contributed by atoms with Crippen molar-refractivity contribution in [3.8, 4) is 11.8 Å². The Morgan fingerprint density at radius 3 is 2.83 bits per heavy atom. The molecule has 1 aromatic carbocycles. The van der Waals surface area contributed by atoms with Gasteiger partial charge in [-0.25, -0.2) is 4.79 Å². The first-order chi connectivity index (χ1) is 10.9. The second-order valence-corrected chi connectivity index (χ2v) is 6.29. The highest BCUT2D eigenvalue weighted by molar-refractivity contribution is 5.83. The van der Waals surface area contributed by atoms with Crippen molar-refractivity contribution in [1.29, 1.82) is 0 Å². The molecule has 0 aliphatic heterocycles. The lowest BCUT2D eigenvalue weighted by Gasteiger charge is -2.19. The van der Waals surface area contributed by atoms with Crippen molar-refractivity contribution < 1.29 is 9.53 Å². The zero-order valence-corrected chi connectivity index (χ0v) is 14.1. The van der Waals surface area contributed by atoms with Gasteiger partial charge in [0.25, 0.3) is 0 Å². The number of rotatable bonds is 2. The maximum Gasteiger partial charge on any atom is 0.407 e. The second kappa shape index (κ2) is 7.15. The summed E-state index contributed by atoms with van der Waals surface area (Å²) in [6.45, 7) is 8.00. The lowest BCUT2D eigenvalue weighted by Crippen LogP contribution is -2.32. The van der Waals surface area contributed by atoms with Crippen LogP contribution in [0, 0.1) is 18.8 Å². The number of fused-ring (bicyclic) bond motifs is 1. The normalized spacial score (nSPS) is 10.8. The van der Waals surface area contributed by atoms with Crippen molar-refractivity contribution in [2.45, 2.75) is 39.7 Å². The van der Waals surface area contributed by atoms with Crippen LogP contribution in [0.2, 0.25) is 0 Å². The molecule has 0 aliphatic rings. The van der Waals surface area contributed by atoms with Gasteiger partial charge in [-0.15, -0.1) is 0 Å². The van der Waals surface area contributed by atoms with E-state index in [1.165, 1.54) is 0 Å². The van der Waals surface area contributed by atoms with Gasteiger partial charge in [-0.05, 0) is 45.4 Å². The fourth-order valence-electron chi connectivity index (χ4n) is 2.13. The van der Waals surface area contributed by atoms with Gasteiger partial charge in [-0.1, -0.05) is 24.0 Å². The van der Waals surface area contributed by atoms with E-state index in [2.05, 4.69) is 22.1 Å². The molecule has 0 fully saturated rings. The molecule has 23 heavy (non-hydrogen) atoms. The van der Waals surface area contributed by atoms with Gasteiger partial charge in [0, 0.05) is 30.1 Å². The highest BCUT2D eigenvalue weighted by Crippen LogP contribution is 2.18. The fraction of sp³-hybridized carbons (Fsp3) is 0.368. The van der Waals surface area contributed by atoms with Gasteiger partial charge in [-0.2, -0.15) is 0 Å². The van der Waals surface area contributed by atoms with Crippen LogP contribution in [0.1, 0.15) is 38.3 Å². The molecule has 120 valence electrons. The SMILES string of the molecule is Cc1c(C#CCCNC(=O)OC(C)(C)C)ccc2cccnc12. The molecule has 0 bridgehead atoms. The Morgan fingerprint density at radius 1 is 1.30 bits per heavy atom. The number of pyridine rings is 1. The average molecular weight is 310 g/mol. The van der Waals surface area contributed by atoms with Gasteiger partial charge < -0.3 is 10.1 Å². The zero-order chi connectivity index (χ0) is 16.9. The molecule has 4 heteroatoms. The fourth-order valence-corrected chi connectivity index (χ4v) is 2.13. The monoisotopic (exact) mass is 310 g/mol. The van der Waals surface area contributed by atoms with E-state index >= 15 is 0 Å². The van der Waals surface area contributed by atoms with Crippen molar-refractivity contribution in [2.75, 3.05) is 6.54 Å². The summed E-state index contributed by atoms with van der Waals surface area (Å²) < 4.78 is 5.16. The quantitative estimate of drug-likeness (QED) is 0.678. The summed E-state index contributed by atoms with van der Waals surface area (Å²) in [5.74, 6) is 6.22. The number of amides is 1. The number of carbonyl (C=O) groups is 1. The summed E-state index contributed by atoms with van der Waals surface area (Å²) in [6, 6.07) is 8.00. The van der Waals surface area contributed by atoms with E-state index in [0.29, 0.717) is 13.0 Å². The Balaban J connectivity index is 1.93. The third kappa shape index (κ3) is 5.00. The Kier molecular flexibility index (Phi) is 5.23. The van der Waals surface area contributed by atoms with Gasteiger partial charge in [-0.3, -0.25) is 4.98 Å². The number of ether oxygens (including phenoxy) is 1. The summed E-state index contributed by atoms with van der Waals surface area (Å²) in [5, 5.41) is 3.81. The number of benzene rings is 1. The van der Waals surface area contributed by atoms with Crippen LogP contribution in [0.4, 0.5) is 4.79 Å². The van der Waals surface area contributed by atoms with Crippen molar-refractivity contribution >= 4 is 17.0 Å². The van der Waals surface area contributed by atoms with Crippen LogP contribution in [0.3, 0.4) is 0 Å². The van der Waals surface area contributed by atoms with Crippen LogP contribution < -0.4 is 5.32 Å². The zero-order valence-electron chi connectivity index (χ0n) is 14.1. The number of alkyl carbamates (subject to hydrolysis) is 1. The average Bonchev–Trinajstić information content (AvgIpc) is 2.47. The highest BCUT2D eigenvalue weighted by Gasteiger charge is 2.15. The van der Waals surface area contributed by atoms with Crippen molar-refractivity contribution in [1.82, 2.24) is 10.3 Å². The first-order valence-corrected chi connectivity index (χ1v) is 7.67. The van der Waals surface area contributed by atoms with Crippen molar-refractivity contribution in [2.24, 2.45) is 0 Å². The first kappa shape index (κ1) is 16.8. The van der Waals surface area contributed by atoms with Crippen LogP contribution in [0.5, 0.6) is 0 Å². The van der Waals surface area contributed by atoms with Crippen LogP contribution in [-0.4, -0.2) is 23.2 Å². The molecule has 1 amide bonds. The predicted molar refractivity (Wildman–Crippen MR) is 92.2 cm³/mol. The number of hydrogen-bond donors (Lipinski definition) is 1. The lowest BCUT2D eigenvalue weighted by atomic mass is 10.0. The number of carbonyl (C=O) groups excluding carboxylic acids is 1. The first-order valence-electron chi connectivity index (χ1n) is 7.67. The predicted octanol–water partition coefficient (Wildman–Crippen LogP) is 3.81.